The van der Waals surface area contributed by atoms with Crippen molar-refractivity contribution in [1.82, 2.24) is 4.98 Å². The Morgan fingerprint density at radius 2 is 2.07 bits per heavy atom. The third-order valence-electron chi connectivity index (χ3n) is 5.61. The normalized spacial score (nSPS) is 28.0. The highest BCUT2D eigenvalue weighted by Crippen LogP contribution is 2.52. The molecule has 1 N–H and O–H groups in total. The quantitative estimate of drug-likeness (QED) is 0.382. The molecule has 0 radical (unpaired) electrons. The van der Waals surface area contributed by atoms with Crippen molar-refractivity contribution in [2.24, 2.45) is 5.41 Å². The number of para-hydroxylation sites is 1. The number of carbonyl (C=O) groups excluding carboxylic acids is 2. The van der Waals surface area contributed by atoms with E-state index in [1.807, 2.05) is 35.7 Å². The van der Waals surface area contributed by atoms with E-state index < -0.39 is 29.1 Å². The lowest BCUT2D eigenvalue weighted by molar-refractivity contribution is -0.160. The molecule has 0 unspecified atom stereocenters. The predicted octanol–water partition coefficient (Wildman–Crippen LogP) is 4.17. The molecule has 1 aromatic carbocycles. The standard InChI is InChI=1S/C22H26N2O5S/c1-3-4-10-27-12-16-11-22(18(25)28-16)14-21(2,29-19(22)26)17-13-30-20(24-17)23-15-8-6-5-7-9-15/h5-9,13,16H,3-4,10-12,14H2,1-2H3,(H,23,24)/t16-,21+,22-/m0/s1. The number of unbranched alkanes of at least 4 members (excludes halogenated alkanes) is 1. The van der Waals surface area contributed by atoms with Crippen LogP contribution >= 0.6 is 11.3 Å². The second-order valence-corrected chi connectivity index (χ2v) is 8.93. The maximum atomic E-state index is 12.8. The zero-order valence-electron chi connectivity index (χ0n) is 17.2. The van der Waals surface area contributed by atoms with Crippen LogP contribution in [0.2, 0.25) is 0 Å². The number of esters is 2. The summed E-state index contributed by atoms with van der Waals surface area (Å²) >= 11 is 1.43. The second kappa shape index (κ2) is 8.35. The molecule has 2 aromatic rings. The number of nitrogens with zero attached hydrogens (tertiary/aromatic N) is 1. The number of benzene rings is 1. The maximum absolute atomic E-state index is 12.8. The highest BCUT2D eigenvalue weighted by Gasteiger charge is 2.65. The molecular formula is C22H26N2O5S. The number of hydrogen-bond acceptors (Lipinski definition) is 8. The summed E-state index contributed by atoms with van der Waals surface area (Å²) < 4.78 is 16.8. The van der Waals surface area contributed by atoms with Crippen molar-refractivity contribution < 1.29 is 23.8 Å². The van der Waals surface area contributed by atoms with Crippen LogP contribution in [0.15, 0.2) is 35.7 Å². The van der Waals surface area contributed by atoms with Crippen LogP contribution in [0.3, 0.4) is 0 Å². The fraction of sp³-hybridized carbons (Fsp3) is 0.500. The van der Waals surface area contributed by atoms with Gasteiger partial charge in [0, 0.05) is 30.5 Å². The molecule has 0 saturated carbocycles. The second-order valence-electron chi connectivity index (χ2n) is 8.07. The van der Waals surface area contributed by atoms with Gasteiger partial charge in [0.15, 0.2) is 16.1 Å². The lowest BCUT2D eigenvalue weighted by Gasteiger charge is -2.20. The molecule has 3 atom stereocenters. The fourth-order valence-corrected chi connectivity index (χ4v) is 4.84. The molecule has 8 heteroatoms. The van der Waals surface area contributed by atoms with E-state index in [4.69, 9.17) is 14.2 Å². The minimum absolute atomic E-state index is 0.220. The number of carbonyl (C=O) groups is 2. The zero-order chi connectivity index (χ0) is 21.2. The van der Waals surface area contributed by atoms with Crippen molar-refractivity contribution >= 4 is 34.1 Å². The number of thiazole rings is 1. The van der Waals surface area contributed by atoms with Gasteiger partial charge in [-0.15, -0.1) is 11.3 Å². The van der Waals surface area contributed by atoms with E-state index in [-0.39, 0.29) is 12.8 Å². The molecule has 4 rings (SSSR count). The van der Waals surface area contributed by atoms with Crippen LogP contribution in [0.1, 0.15) is 45.2 Å². The molecule has 0 bridgehead atoms. The van der Waals surface area contributed by atoms with Crippen molar-refractivity contribution in [1.29, 1.82) is 0 Å². The Kier molecular flexibility index (Phi) is 5.79. The van der Waals surface area contributed by atoms with E-state index in [1.54, 1.807) is 6.92 Å². The van der Waals surface area contributed by atoms with E-state index in [2.05, 4.69) is 17.2 Å². The Bertz CT molecular complexity index is 917. The van der Waals surface area contributed by atoms with Gasteiger partial charge in [-0.25, -0.2) is 4.98 Å². The third kappa shape index (κ3) is 3.94. The van der Waals surface area contributed by atoms with Crippen molar-refractivity contribution in [3.63, 3.8) is 0 Å². The molecular weight excluding hydrogens is 404 g/mol. The van der Waals surface area contributed by atoms with Crippen LogP contribution in [0, 0.1) is 5.41 Å². The molecule has 2 fully saturated rings. The number of hydrogen-bond donors (Lipinski definition) is 1. The van der Waals surface area contributed by atoms with Crippen LogP contribution in [-0.4, -0.2) is 36.2 Å². The van der Waals surface area contributed by atoms with Crippen molar-refractivity contribution in [2.45, 2.75) is 51.2 Å². The molecule has 2 saturated heterocycles. The van der Waals surface area contributed by atoms with Crippen molar-refractivity contribution in [2.75, 3.05) is 18.5 Å². The number of aromatic nitrogens is 1. The summed E-state index contributed by atoms with van der Waals surface area (Å²) in [7, 11) is 0. The van der Waals surface area contributed by atoms with Crippen LogP contribution in [0.5, 0.6) is 0 Å². The van der Waals surface area contributed by atoms with Crippen LogP contribution < -0.4 is 5.32 Å². The molecule has 3 heterocycles. The van der Waals surface area contributed by atoms with Gasteiger partial charge >= 0.3 is 11.9 Å². The minimum atomic E-state index is -1.27. The molecule has 1 aromatic heterocycles. The molecule has 160 valence electrons. The third-order valence-corrected chi connectivity index (χ3v) is 6.36. The van der Waals surface area contributed by atoms with E-state index in [0.717, 1.165) is 18.5 Å². The average Bonchev–Trinajstić information content (AvgIpc) is 3.38. The lowest BCUT2D eigenvalue weighted by atomic mass is 9.78. The van der Waals surface area contributed by atoms with E-state index >= 15 is 0 Å². The topological polar surface area (TPSA) is 86.8 Å². The van der Waals surface area contributed by atoms with E-state index in [0.29, 0.717) is 24.0 Å². The Balaban J connectivity index is 1.45. The summed E-state index contributed by atoms with van der Waals surface area (Å²) in [4.78, 5) is 30.1. The SMILES string of the molecule is CCCCOC[C@@H]1C[C@]2(C[C@](C)(c3csc(Nc4ccccc4)n3)OC2=O)C(=O)O1. The smallest absolute Gasteiger partial charge is 0.324 e. The van der Waals surface area contributed by atoms with Crippen LogP contribution in [-0.2, 0) is 29.4 Å². The largest absolute Gasteiger partial charge is 0.459 e. The summed E-state index contributed by atoms with van der Waals surface area (Å²) in [6, 6.07) is 9.72. The monoisotopic (exact) mass is 430 g/mol. The molecule has 30 heavy (non-hydrogen) atoms. The number of anilines is 2. The Hall–Kier alpha value is -2.45. The van der Waals surface area contributed by atoms with Gasteiger partial charge in [-0.2, -0.15) is 0 Å². The summed E-state index contributed by atoms with van der Waals surface area (Å²) in [5, 5.41) is 5.81. The molecule has 0 amide bonds. The van der Waals surface area contributed by atoms with Gasteiger partial charge in [-0.1, -0.05) is 31.5 Å². The average molecular weight is 431 g/mol. The summed E-state index contributed by atoms with van der Waals surface area (Å²) in [6.07, 6.45) is 2.07. The first-order valence-electron chi connectivity index (χ1n) is 10.3. The molecule has 7 nitrogen and oxygen atoms in total. The summed E-state index contributed by atoms with van der Waals surface area (Å²) in [6.45, 7) is 4.82. The van der Waals surface area contributed by atoms with Gasteiger partial charge in [0.05, 0.1) is 12.3 Å². The first-order chi connectivity index (χ1) is 14.4. The number of nitrogens with one attached hydrogen (secondary N) is 1. The molecule has 0 aliphatic carbocycles. The number of cyclic esters (lactones) is 2. The van der Waals surface area contributed by atoms with Gasteiger partial charge in [0.1, 0.15) is 6.10 Å². The first kappa shape index (κ1) is 20.8. The summed E-state index contributed by atoms with van der Waals surface area (Å²) in [5.74, 6) is -1.05. The zero-order valence-corrected chi connectivity index (χ0v) is 18.0. The van der Waals surface area contributed by atoms with Gasteiger partial charge in [-0.05, 0) is 25.5 Å². The van der Waals surface area contributed by atoms with Gasteiger partial charge in [0.25, 0.3) is 0 Å². The lowest BCUT2D eigenvalue weighted by Crippen LogP contribution is -2.32. The van der Waals surface area contributed by atoms with Crippen LogP contribution in [0.25, 0.3) is 0 Å². The van der Waals surface area contributed by atoms with Gasteiger partial charge < -0.3 is 19.5 Å². The minimum Gasteiger partial charge on any atom is -0.459 e. The first-order valence-corrected chi connectivity index (χ1v) is 11.1. The molecule has 2 aliphatic rings. The predicted molar refractivity (Wildman–Crippen MR) is 113 cm³/mol. The number of ether oxygens (including phenoxy) is 3. The van der Waals surface area contributed by atoms with Gasteiger partial charge in [-0.3, -0.25) is 9.59 Å². The highest BCUT2D eigenvalue weighted by molar-refractivity contribution is 7.13. The van der Waals surface area contributed by atoms with Crippen molar-refractivity contribution in [3.8, 4) is 0 Å². The fourth-order valence-electron chi connectivity index (χ4n) is 3.99. The Labute approximate surface area is 179 Å². The highest BCUT2D eigenvalue weighted by atomic mass is 32.1. The number of rotatable bonds is 8. The van der Waals surface area contributed by atoms with E-state index in [9.17, 15) is 9.59 Å². The maximum Gasteiger partial charge on any atom is 0.324 e. The molecule has 2 aliphatic heterocycles. The Morgan fingerprint density at radius 3 is 2.83 bits per heavy atom. The van der Waals surface area contributed by atoms with Crippen molar-refractivity contribution in [3.05, 3.63) is 41.4 Å². The molecule has 1 spiro atoms. The van der Waals surface area contributed by atoms with E-state index in [1.165, 1.54) is 11.3 Å². The Morgan fingerprint density at radius 1 is 1.27 bits per heavy atom. The summed E-state index contributed by atoms with van der Waals surface area (Å²) in [5.41, 5.74) is -0.689. The van der Waals surface area contributed by atoms with Crippen LogP contribution in [0.4, 0.5) is 10.8 Å². The van der Waals surface area contributed by atoms with Gasteiger partial charge in [0.2, 0.25) is 0 Å².